The van der Waals surface area contributed by atoms with E-state index in [9.17, 15) is 0 Å². The Kier molecular flexibility index (Phi) is 2.84. The van der Waals surface area contributed by atoms with Crippen molar-refractivity contribution in [3.63, 3.8) is 0 Å². The minimum atomic E-state index is 0.438. The zero-order chi connectivity index (χ0) is 10.2. The first-order valence-electron chi connectivity index (χ1n) is 5.07. The van der Waals surface area contributed by atoms with Gasteiger partial charge >= 0.3 is 0 Å². The molecule has 0 saturated heterocycles. The Bertz CT molecular complexity index is 320. The van der Waals surface area contributed by atoms with Crippen LogP contribution in [0.25, 0.3) is 0 Å². The third-order valence-electron chi connectivity index (χ3n) is 3.37. The van der Waals surface area contributed by atoms with Crippen LogP contribution in [0.5, 0.6) is 0 Å². The maximum absolute atomic E-state index is 3.26. The lowest BCUT2D eigenvalue weighted by Gasteiger charge is -2.11. The fourth-order valence-corrected chi connectivity index (χ4v) is 2.54. The summed E-state index contributed by atoms with van der Waals surface area (Å²) in [5.41, 5.74) is 1.94. The van der Waals surface area contributed by atoms with Crippen LogP contribution in [0.15, 0.2) is 24.3 Å². The molecule has 1 N–H and O–H groups in total. The summed E-state index contributed by atoms with van der Waals surface area (Å²) in [5.74, 6) is 0.826. The van der Waals surface area contributed by atoms with Gasteiger partial charge in [-0.1, -0.05) is 19.1 Å². The lowest BCUT2D eigenvalue weighted by molar-refractivity contribution is 0.617. The molecule has 14 heavy (non-hydrogen) atoms. The normalized spacial score (nSPS) is 30.4. The SMILES string of the molecule is CNCC1CC1(C)c1ccc(I)cc1. The summed E-state index contributed by atoms with van der Waals surface area (Å²) in [5, 5.41) is 3.26. The van der Waals surface area contributed by atoms with Crippen molar-refractivity contribution in [3.8, 4) is 0 Å². The molecule has 0 bridgehead atoms. The average molecular weight is 301 g/mol. The van der Waals surface area contributed by atoms with Crippen LogP contribution in [-0.2, 0) is 5.41 Å². The molecule has 1 nitrogen and oxygen atoms in total. The Hall–Kier alpha value is -0.0900. The molecule has 0 aliphatic heterocycles. The van der Waals surface area contributed by atoms with E-state index in [0.29, 0.717) is 5.41 Å². The van der Waals surface area contributed by atoms with Crippen molar-refractivity contribution in [3.05, 3.63) is 33.4 Å². The summed E-state index contributed by atoms with van der Waals surface area (Å²) in [4.78, 5) is 0. The van der Waals surface area contributed by atoms with E-state index in [2.05, 4.69) is 59.1 Å². The first-order valence-corrected chi connectivity index (χ1v) is 6.15. The second-order valence-corrected chi connectivity index (χ2v) is 5.63. The van der Waals surface area contributed by atoms with Gasteiger partial charge in [0.1, 0.15) is 0 Å². The summed E-state index contributed by atoms with van der Waals surface area (Å²) in [6.07, 6.45) is 1.33. The summed E-state index contributed by atoms with van der Waals surface area (Å²) in [7, 11) is 2.03. The van der Waals surface area contributed by atoms with Crippen LogP contribution >= 0.6 is 22.6 Å². The summed E-state index contributed by atoms with van der Waals surface area (Å²) >= 11 is 2.35. The Balaban J connectivity index is 2.13. The zero-order valence-electron chi connectivity index (χ0n) is 8.68. The van der Waals surface area contributed by atoms with E-state index in [0.717, 1.165) is 12.5 Å². The largest absolute Gasteiger partial charge is 0.319 e. The van der Waals surface area contributed by atoms with Crippen molar-refractivity contribution in [1.29, 1.82) is 0 Å². The number of benzene rings is 1. The molecule has 0 amide bonds. The molecule has 1 aromatic rings. The number of rotatable bonds is 3. The maximum atomic E-state index is 3.26. The third kappa shape index (κ3) is 1.82. The minimum absolute atomic E-state index is 0.438. The van der Waals surface area contributed by atoms with Gasteiger partial charge in [0.25, 0.3) is 0 Å². The van der Waals surface area contributed by atoms with E-state index in [1.165, 1.54) is 15.6 Å². The molecule has 0 aromatic heterocycles. The highest BCUT2D eigenvalue weighted by molar-refractivity contribution is 14.1. The van der Waals surface area contributed by atoms with E-state index in [4.69, 9.17) is 0 Å². The Labute approximate surface area is 99.4 Å². The summed E-state index contributed by atoms with van der Waals surface area (Å²) < 4.78 is 1.32. The van der Waals surface area contributed by atoms with E-state index >= 15 is 0 Å². The summed E-state index contributed by atoms with van der Waals surface area (Å²) in [6.45, 7) is 3.51. The molecular weight excluding hydrogens is 285 g/mol. The van der Waals surface area contributed by atoms with E-state index in [1.54, 1.807) is 0 Å². The van der Waals surface area contributed by atoms with Crippen LogP contribution in [0.3, 0.4) is 0 Å². The van der Waals surface area contributed by atoms with Crippen LogP contribution < -0.4 is 5.32 Å². The first-order chi connectivity index (χ1) is 6.66. The molecule has 76 valence electrons. The van der Waals surface area contributed by atoms with Crippen molar-refractivity contribution >= 4 is 22.6 Å². The second kappa shape index (κ2) is 3.81. The number of hydrogen-bond donors (Lipinski definition) is 1. The predicted molar refractivity (Wildman–Crippen MR) is 68.5 cm³/mol. The lowest BCUT2D eigenvalue weighted by Crippen LogP contribution is -2.15. The number of nitrogens with one attached hydrogen (secondary N) is 1. The van der Waals surface area contributed by atoms with Crippen LogP contribution in [0.1, 0.15) is 18.9 Å². The second-order valence-electron chi connectivity index (χ2n) is 4.38. The van der Waals surface area contributed by atoms with Gasteiger partial charge < -0.3 is 5.32 Å². The topological polar surface area (TPSA) is 12.0 Å². The van der Waals surface area contributed by atoms with Crippen molar-refractivity contribution in [2.75, 3.05) is 13.6 Å². The van der Waals surface area contributed by atoms with Crippen LogP contribution in [-0.4, -0.2) is 13.6 Å². The molecule has 1 aliphatic rings. The van der Waals surface area contributed by atoms with Gasteiger partial charge in [0.15, 0.2) is 0 Å². The summed E-state index contributed by atoms with van der Waals surface area (Å²) in [6, 6.07) is 8.96. The van der Waals surface area contributed by atoms with Crippen LogP contribution in [0.2, 0.25) is 0 Å². The van der Waals surface area contributed by atoms with Gasteiger partial charge in [0.05, 0.1) is 0 Å². The van der Waals surface area contributed by atoms with E-state index in [1.807, 2.05) is 7.05 Å². The number of halogens is 1. The molecule has 0 radical (unpaired) electrons. The van der Waals surface area contributed by atoms with Crippen molar-refractivity contribution in [2.45, 2.75) is 18.8 Å². The van der Waals surface area contributed by atoms with Crippen LogP contribution in [0.4, 0.5) is 0 Å². The van der Waals surface area contributed by atoms with E-state index < -0.39 is 0 Å². The molecule has 0 heterocycles. The molecule has 1 aliphatic carbocycles. The van der Waals surface area contributed by atoms with Crippen LogP contribution in [0, 0.1) is 9.49 Å². The lowest BCUT2D eigenvalue weighted by atomic mass is 9.96. The smallest absolute Gasteiger partial charge is 0.0130 e. The highest BCUT2D eigenvalue weighted by atomic mass is 127. The quantitative estimate of drug-likeness (QED) is 0.847. The first kappa shape index (κ1) is 10.4. The maximum Gasteiger partial charge on any atom is 0.0130 e. The van der Waals surface area contributed by atoms with Gasteiger partial charge in [-0.2, -0.15) is 0 Å². The Morgan fingerprint density at radius 1 is 1.43 bits per heavy atom. The standard InChI is InChI=1S/C12H16IN/c1-12(7-10(12)8-14-2)9-3-5-11(13)6-4-9/h3-6,10,14H,7-8H2,1-2H3. The fourth-order valence-electron chi connectivity index (χ4n) is 2.18. The number of hydrogen-bond acceptors (Lipinski definition) is 1. The zero-order valence-corrected chi connectivity index (χ0v) is 10.8. The van der Waals surface area contributed by atoms with Crippen molar-refractivity contribution in [2.24, 2.45) is 5.92 Å². The molecule has 2 rings (SSSR count). The highest BCUT2D eigenvalue weighted by Crippen LogP contribution is 2.53. The molecular formula is C12H16IN. The molecule has 1 saturated carbocycles. The third-order valence-corrected chi connectivity index (χ3v) is 4.08. The Morgan fingerprint density at radius 3 is 2.64 bits per heavy atom. The Morgan fingerprint density at radius 2 is 2.07 bits per heavy atom. The fraction of sp³-hybridized carbons (Fsp3) is 0.500. The molecule has 2 heteroatoms. The van der Waals surface area contributed by atoms with Gasteiger partial charge in [0.2, 0.25) is 0 Å². The van der Waals surface area contributed by atoms with Crippen molar-refractivity contribution in [1.82, 2.24) is 5.32 Å². The van der Waals surface area contributed by atoms with Gasteiger partial charge in [0, 0.05) is 3.57 Å². The van der Waals surface area contributed by atoms with Gasteiger partial charge in [-0.15, -0.1) is 0 Å². The minimum Gasteiger partial charge on any atom is -0.319 e. The molecule has 2 unspecified atom stereocenters. The molecule has 1 fully saturated rings. The monoisotopic (exact) mass is 301 g/mol. The van der Waals surface area contributed by atoms with Gasteiger partial charge in [-0.3, -0.25) is 0 Å². The van der Waals surface area contributed by atoms with Gasteiger partial charge in [-0.25, -0.2) is 0 Å². The highest BCUT2D eigenvalue weighted by Gasteiger charge is 2.50. The van der Waals surface area contributed by atoms with Crippen molar-refractivity contribution < 1.29 is 0 Å². The average Bonchev–Trinajstić information content (AvgIpc) is 2.80. The molecule has 2 atom stereocenters. The molecule has 1 aromatic carbocycles. The molecule has 0 spiro atoms. The van der Waals surface area contributed by atoms with Gasteiger partial charge in [-0.05, 0) is 71.6 Å². The van der Waals surface area contributed by atoms with E-state index in [-0.39, 0.29) is 0 Å². The predicted octanol–water partition coefficient (Wildman–Crippen LogP) is 2.79.